The Bertz CT molecular complexity index is 957. The molecule has 186 valence electrons. The van der Waals surface area contributed by atoms with Crippen molar-refractivity contribution in [3.05, 3.63) is 58.7 Å². The fraction of sp³-hybridized carbons (Fsp3) is 0.481. The van der Waals surface area contributed by atoms with Crippen LogP contribution in [0.3, 0.4) is 0 Å². The van der Waals surface area contributed by atoms with Gasteiger partial charge in [-0.25, -0.2) is 9.59 Å². The summed E-state index contributed by atoms with van der Waals surface area (Å²) in [6.45, 7) is 12.6. The third-order valence-corrected chi connectivity index (χ3v) is 5.44. The Morgan fingerprint density at radius 3 is 1.74 bits per heavy atom. The summed E-state index contributed by atoms with van der Waals surface area (Å²) in [6, 6.07) is 11.0. The highest BCUT2D eigenvalue weighted by atomic mass is 16.6. The van der Waals surface area contributed by atoms with E-state index in [0.29, 0.717) is 0 Å². The Labute approximate surface area is 202 Å². The lowest BCUT2D eigenvalue weighted by Gasteiger charge is -2.28. The summed E-state index contributed by atoms with van der Waals surface area (Å²) in [4.78, 5) is 24.9. The predicted octanol–water partition coefficient (Wildman–Crippen LogP) is 5.30. The number of amides is 1. The van der Waals surface area contributed by atoms with E-state index in [4.69, 9.17) is 18.9 Å². The molecule has 7 heteroatoms. The van der Waals surface area contributed by atoms with Crippen molar-refractivity contribution < 1.29 is 28.5 Å². The summed E-state index contributed by atoms with van der Waals surface area (Å²) in [5, 5.41) is 2.54. The standard InChI is InChI=1S/C27H37NO6/c1-16-10-12-20(14-22(16)31-8)24(21-13-11-17(2)23(15-21)32-9)19(4)33-25(29)18(3)28-26(30)34-27(5,6)7/h10-15,18-19,24H,1-9H3,(H,28,30)/t18-,19-/m0/s1. The van der Waals surface area contributed by atoms with Crippen LogP contribution < -0.4 is 14.8 Å². The van der Waals surface area contributed by atoms with Gasteiger partial charge in [-0.2, -0.15) is 0 Å². The Hall–Kier alpha value is -3.22. The van der Waals surface area contributed by atoms with Gasteiger partial charge in [0.25, 0.3) is 0 Å². The summed E-state index contributed by atoms with van der Waals surface area (Å²) < 4.78 is 22.1. The summed E-state index contributed by atoms with van der Waals surface area (Å²) in [6.07, 6.45) is -1.22. The highest BCUT2D eigenvalue weighted by Gasteiger charge is 2.29. The average molecular weight is 472 g/mol. The number of benzene rings is 2. The van der Waals surface area contributed by atoms with E-state index in [2.05, 4.69) is 5.32 Å². The van der Waals surface area contributed by atoms with Crippen LogP contribution in [0.2, 0.25) is 0 Å². The number of methoxy groups -OCH3 is 2. The summed E-state index contributed by atoms with van der Waals surface area (Å²) in [5.74, 6) is 0.656. The van der Waals surface area contributed by atoms with Crippen molar-refractivity contribution in [2.45, 2.75) is 72.1 Å². The Kier molecular flexibility index (Phi) is 8.96. The molecule has 34 heavy (non-hydrogen) atoms. The monoisotopic (exact) mass is 471 g/mol. The van der Waals surface area contributed by atoms with Crippen LogP contribution in [-0.4, -0.2) is 44.0 Å². The van der Waals surface area contributed by atoms with Crippen molar-refractivity contribution in [1.82, 2.24) is 5.32 Å². The molecule has 0 aliphatic heterocycles. The zero-order valence-electron chi connectivity index (χ0n) is 21.6. The maximum absolute atomic E-state index is 12.8. The van der Waals surface area contributed by atoms with Gasteiger partial charge >= 0.3 is 12.1 Å². The summed E-state index contributed by atoms with van der Waals surface area (Å²) in [5.41, 5.74) is 3.21. The molecular formula is C27H37NO6. The zero-order chi connectivity index (χ0) is 25.6. The number of carbonyl (C=O) groups is 2. The maximum atomic E-state index is 12.8. The molecule has 0 unspecified atom stereocenters. The molecule has 7 nitrogen and oxygen atoms in total. The molecule has 2 aromatic carbocycles. The summed E-state index contributed by atoms with van der Waals surface area (Å²) >= 11 is 0. The molecular weight excluding hydrogens is 434 g/mol. The third-order valence-electron chi connectivity index (χ3n) is 5.44. The largest absolute Gasteiger partial charge is 0.496 e. The lowest BCUT2D eigenvalue weighted by molar-refractivity contribution is -0.150. The van der Waals surface area contributed by atoms with Gasteiger partial charge in [-0.15, -0.1) is 0 Å². The third kappa shape index (κ3) is 7.14. The molecule has 0 heterocycles. The Morgan fingerprint density at radius 2 is 1.32 bits per heavy atom. The van der Waals surface area contributed by atoms with Crippen molar-refractivity contribution in [2.24, 2.45) is 0 Å². The lowest BCUT2D eigenvalue weighted by Crippen LogP contribution is -2.43. The predicted molar refractivity (Wildman–Crippen MR) is 132 cm³/mol. The van der Waals surface area contributed by atoms with E-state index in [-0.39, 0.29) is 5.92 Å². The van der Waals surface area contributed by atoms with Gasteiger partial charge in [-0.3, -0.25) is 0 Å². The lowest BCUT2D eigenvalue weighted by atomic mass is 9.86. The van der Waals surface area contributed by atoms with E-state index in [1.165, 1.54) is 0 Å². The summed E-state index contributed by atoms with van der Waals surface area (Å²) in [7, 11) is 3.26. The highest BCUT2D eigenvalue weighted by Crippen LogP contribution is 2.35. The molecule has 2 aromatic rings. The first-order chi connectivity index (χ1) is 15.9. The minimum Gasteiger partial charge on any atom is -0.496 e. The van der Waals surface area contributed by atoms with Gasteiger partial charge in [0.1, 0.15) is 29.2 Å². The number of rotatable bonds is 8. The highest BCUT2D eigenvalue weighted by molar-refractivity contribution is 5.81. The second-order valence-corrected chi connectivity index (χ2v) is 9.45. The van der Waals surface area contributed by atoms with Crippen molar-refractivity contribution in [3.8, 4) is 11.5 Å². The number of nitrogens with one attached hydrogen (secondary N) is 1. The number of hydrogen-bond acceptors (Lipinski definition) is 6. The molecule has 0 aliphatic carbocycles. The van der Waals surface area contributed by atoms with Gasteiger partial charge < -0.3 is 24.3 Å². The van der Waals surface area contributed by atoms with Crippen LogP contribution in [0.1, 0.15) is 62.8 Å². The molecule has 0 aromatic heterocycles. The Balaban J connectivity index is 2.33. The van der Waals surface area contributed by atoms with Gasteiger partial charge in [0.05, 0.1) is 14.2 Å². The van der Waals surface area contributed by atoms with Gasteiger partial charge in [0.15, 0.2) is 0 Å². The van der Waals surface area contributed by atoms with Crippen molar-refractivity contribution in [1.29, 1.82) is 0 Å². The SMILES string of the molecule is COc1cc(C(c2ccc(C)c(OC)c2)[C@H](C)OC(=O)[C@H](C)NC(=O)OC(C)(C)C)ccc1C. The minimum absolute atomic E-state index is 0.290. The second-order valence-electron chi connectivity index (χ2n) is 9.45. The fourth-order valence-electron chi connectivity index (χ4n) is 3.69. The zero-order valence-corrected chi connectivity index (χ0v) is 21.6. The van der Waals surface area contributed by atoms with E-state index in [9.17, 15) is 9.59 Å². The quantitative estimate of drug-likeness (QED) is 0.526. The first-order valence-electron chi connectivity index (χ1n) is 11.3. The maximum Gasteiger partial charge on any atom is 0.408 e. The molecule has 1 N–H and O–H groups in total. The molecule has 0 bridgehead atoms. The molecule has 0 aliphatic rings. The molecule has 0 fully saturated rings. The van der Waals surface area contributed by atoms with Crippen molar-refractivity contribution in [2.75, 3.05) is 14.2 Å². The molecule has 2 atom stereocenters. The molecule has 0 saturated heterocycles. The van der Waals surface area contributed by atoms with Crippen molar-refractivity contribution >= 4 is 12.1 Å². The van der Waals surface area contributed by atoms with Crippen LogP contribution in [0.4, 0.5) is 4.79 Å². The molecule has 0 radical (unpaired) electrons. The van der Waals surface area contributed by atoms with Crippen LogP contribution in [0.15, 0.2) is 36.4 Å². The number of alkyl carbamates (subject to hydrolysis) is 1. The van der Waals surface area contributed by atoms with E-state index >= 15 is 0 Å². The number of carbonyl (C=O) groups excluding carboxylic acids is 2. The first kappa shape index (κ1) is 27.0. The van der Waals surface area contributed by atoms with Gasteiger partial charge in [-0.05, 0) is 82.9 Å². The van der Waals surface area contributed by atoms with E-state index in [1.54, 1.807) is 41.9 Å². The van der Waals surface area contributed by atoms with Crippen LogP contribution >= 0.6 is 0 Å². The van der Waals surface area contributed by atoms with Gasteiger partial charge in [-0.1, -0.05) is 24.3 Å². The molecule has 0 saturated carbocycles. The van der Waals surface area contributed by atoms with Crippen LogP contribution in [0.25, 0.3) is 0 Å². The number of ether oxygens (including phenoxy) is 4. The van der Waals surface area contributed by atoms with E-state index in [1.807, 2.05) is 57.2 Å². The smallest absolute Gasteiger partial charge is 0.408 e. The minimum atomic E-state index is -0.877. The average Bonchev–Trinajstić information content (AvgIpc) is 2.74. The van der Waals surface area contributed by atoms with Crippen LogP contribution in [0, 0.1) is 13.8 Å². The Morgan fingerprint density at radius 1 is 0.853 bits per heavy atom. The van der Waals surface area contributed by atoms with E-state index in [0.717, 1.165) is 33.8 Å². The molecule has 0 spiro atoms. The van der Waals surface area contributed by atoms with Gasteiger partial charge in [0, 0.05) is 5.92 Å². The molecule has 2 rings (SSSR count). The number of hydrogen-bond donors (Lipinski definition) is 1. The fourth-order valence-corrected chi connectivity index (χ4v) is 3.69. The molecule has 1 amide bonds. The van der Waals surface area contributed by atoms with Crippen LogP contribution in [0.5, 0.6) is 11.5 Å². The number of aryl methyl sites for hydroxylation is 2. The van der Waals surface area contributed by atoms with E-state index < -0.39 is 29.8 Å². The van der Waals surface area contributed by atoms with Crippen LogP contribution in [-0.2, 0) is 14.3 Å². The van der Waals surface area contributed by atoms with Gasteiger partial charge in [0.2, 0.25) is 0 Å². The van der Waals surface area contributed by atoms with Crippen molar-refractivity contribution in [3.63, 3.8) is 0 Å². The first-order valence-corrected chi connectivity index (χ1v) is 11.3. The normalized spacial score (nSPS) is 13.1. The second kappa shape index (κ2) is 11.3. The topological polar surface area (TPSA) is 83.1 Å². The number of esters is 1.